The highest BCUT2D eigenvalue weighted by atomic mass is 16.2. The Morgan fingerprint density at radius 3 is 1.23 bits per heavy atom. The maximum absolute atomic E-state index is 13.0. The third-order valence-electron chi connectivity index (χ3n) is 7.36. The smallest absolute Gasteiger partial charge is 0.242 e. The number of hydrogen-bond acceptors (Lipinski definition) is 3. The largest absolute Gasteiger partial charge is 0.341 e. The van der Waals surface area contributed by atoms with Gasteiger partial charge in [0.25, 0.3) is 0 Å². The van der Waals surface area contributed by atoms with E-state index < -0.39 is 0 Å². The lowest BCUT2D eigenvalue weighted by atomic mass is 10.1. The third kappa shape index (κ3) is 16.1. The molecule has 0 aliphatic carbocycles. The fourth-order valence-corrected chi connectivity index (χ4v) is 4.98. The van der Waals surface area contributed by atoms with Gasteiger partial charge in [-0.2, -0.15) is 0 Å². The molecular weight excluding hydrogens is 436 g/mol. The molecular formula is C30H56N2O3. The predicted octanol–water partition coefficient (Wildman–Crippen LogP) is 7.81. The lowest BCUT2D eigenvalue weighted by Crippen LogP contribution is -2.43. The normalized spacial score (nSPS) is 13.7. The fourth-order valence-electron chi connectivity index (χ4n) is 4.98. The Morgan fingerprint density at radius 2 is 0.886 bits per heavy atom. The number of carbonyl (C=O) groups is 3. The van der Waals surface area contributed by atoms with Gasteiger partial charge in [-0.05, 0) is 12.8 Å². The minimum Gasteiger partial charge on any atom is -0.341 e. The Morgan fingerprint density at radius 1 is 0.571 bits per heavy atom. The van der Waals surface area contributed by atoms with Gasteiger partial charge in [-0.25, -0.2) is 0 Å². The van der Waals surface area contributed by atoms with Gasteiger partial charge in [0.05, 0.1) is 0 Å². The first kappa shape index (κ1) is 31.6. The molecule has 5 nitrogen and oxygen atoms in total. The van der Waals surface area contributed by atoms with E-state index in [4.69, 9.17) is 0 Å². The van der Waals surface area contributed by atoms with Crippen molar-refractivity contribution in [2.75, 3.05) is 19.6 Å². The molecule has 0 atom stereocenters. The van der Waals surface area contributed by atoms with Gasteiger partial charge in [0.15, 0.2) is 0 Å². The van der Waals surface area contributed by atoms with Crippen LogP contribution in [0.25, 0.3) is 0 Å². The maximum atomic E-state index is 13.0. The first-order valence-electron chi connectivity index (χ1n) is 15.2. The predicted molar refractivity (Wildman–Crippen MR) is 146 cm³/mol. The van der Waals surface area contributed by atoms with Crippen LogP contribution >= 0.6 is 0 Å². The molecule has 0 N–H and O–H groups in total. The van der Waals surface area contributed by atoms with Crippen LogP contribution in [-0.4, -0.2) is 47.2 Å². The topological polar surface area (TPSA) is 57.7 Å². The lowest BCUT2D eigenvalue weighted by Gasteiger charge is -2.25. The number of rotatable bonds is 24. The van der Waals surface area contributed by atoms with Crippen molar-refractivity contribution in [2.45, 2.75) is 155 Å². The second kappa shape index (κ2) is 21.9. The van der Waals surface area contributed by atoms with Crippen molar-refractivity contribution in [3.05, 3.63) is 0 Å². The van der Waals surface area contributed by atoms with Crippen molar-refractivity contribution in [3.8, 4) is 0 Å². The summed E-state index contributed by atoms with van der Waals surface area (Å²) in [5.41, 5.74) is 0. The monoisotopic (exact) mass is 492 g/mol. The van der Waals surface area contributed by atoms with E-state index in [0.29, 0.717) is 0 Å². The van der Waals surface area contributed by atoms with Crippen LogP contribution in [0, 0.1) is 0 Å². The molecule has 0 spiro atoms. The summed E-state index contributed by atoms with van der Waals surface area (Å²) < 4.78 is 0. The molecule has 0 saturated carbocycles. The van der Waals surface area contributed by atoms with Crippen LogP contribution in [0.15, 0.2) is 0 Å². The second-order valence-electron chi connectivity index (χ2n) is 10.6. The van der Waals surface area contributed by atoms with Gasteiger partial charge in [-0.3, -0.25) is 19.3 Å². The van der Waals surface area contributed by atoms with Crippen molar-refractivity contribution < 1.29 is 14.4 Å². The number of likely N-dealkylation sites (tertiary alicyclic amines) is 1. The van der Waals surface area contributed by atoms with Crippen molar-refractivity contribution in [2.24, 2.45) is 0 Å². The summed E-state index contributed by atoms with van der Waals surface area (Å²) in [4.78, 5) is 40.0. The Balaban J connectivity index is 2.27. The van der Waals surface area contributed by atoms with Gasteiger partial charge in [-0.15, -0.1) is 0 Å². The van der Waals surface area contributed by atoms with Crippen molar-refractivity contribution in [3.63, 3.8) is 0 Å². The lowest BCUT2D eigenvalue weighted by molar-refractivity contribution is -0.145. The summed E-state index contributed by atoms with van der Waals surface area (Å²) in [6, 6.07) is 0. The zero-order valence-corrected chi connectivity index (χ0v) is 23.3. The Hall–Kier alpha value is -1.39. The molecule has 3 amide bonds. The molecule has 1 aliphatic rings. The second-order valence-corrected chi connectivity index (χ2v) is 10.6. The number of carbonyl (C=O) groups excluding carboxylic acids is 3. The van der Waals surface area contributed by atoms with Gasteiger partial charge >= 0.3 is 0 Å². The van der Waals surface area contributed by atoms with E-state index in [0.717, 1.165) is 38.8 Å². The first-order chi connectivity index (χ1) is 17.1. The van der Waals surface area contributed by atoms with Gasteiger partial charge in [-0.1, -0.05) is 129 Å². The Labute approximate surface area is 216 Å². The molecule has 0 aromatic rings. The molecule has 1 heterocycles. The highest BCUT2D eigenvalue weighted by Crippen LogP contribution is 2.15. The summed E-state index contributed by atoms with van der Waals surface area (Å²) in [5.74, 6) is -0.442. The van der Waals surface area contributed by atoms with Gasteiger partial charge < -0.3 is 4.90 Å². The number of imide groups is 1. The van der Waals surface area contributed by atoms with Gasteiger partial charge in [0, 0.05) is 25.9 Å². The van der Waals surface area contributed by atoms with Crippen molar-refractivity contribution in [1.29, 1.82) is 0 Å². The average Bonchev–Trinajstić information content (AvgIpc) is 3.17. The molecule has 35 heavy (non-hydrogen) atoms. The number of amides is 3. The minimum atomic E-state index is -0.193. The van der Waals surface area contributed by atoms with Gasteiger partial charge in [0.1, 0.15) is 6.54 Å². The standard InChI is InChI=1S/C30H56N2O3/c1-3-5-7-9-11-13-15-17-19-21-25-31(30(35)27-32-28(33)23-24-29(32)34)26-22-20-18-16-14-12-10-8-6-4-2/h3-27H2,1-2H3. The molecule has 0 aromatic heterocycles. The van der Waals surface area contributed by atoms with E-state index in [1.165, 1.54) is 108 Å². The quantitative estimate of drug-likeness (QED) is 0.102. The van der Waals surface area contributed by atoms with Crippen LogP contribution < -0.4 is 0 Å². The first-order valence-corrected chi connectivity index (χ1v) is 15.2. The minimum absolute atomic E-state index is 0.0551. The Bertz CT molecular complexity index is 524. The van der Waals surface area contributed by atoms with Crippen molar-refractivity contribution >= 4 is 17.7 Å². The van der Waals surface area contributed by atoms with Crippen LogP contribution in [-0.2, 0) is 14.4 Å². The van der Waals surface area contributed by atoms with E-state index in [1.54, 1.807) is 0 Å². The van der Waals surface area contributed by atoms with E-state index in [2.05, 4.69) is 13.8 Å². The third-order valence-corrected chi connectivity index (χ3v) is 7.36. The summed E-state index contributed by atoms with van der Waals surface area (Å²) >= 11 is 0. The zero-order valence-electron chi connectivity index (χ0n) is 23.3. The van der Waals surface area contributed by atoms with Crippen LogP contribution in [0.1, 0.15) is 155 Å². The van der Waals surface area contributed by atoms with E-state index in [1.807, 2.05) is 4.90 Å². The molecule has 1 fully saturated rings. The molecule has 0 unspecified atom stereocenters. The molecule has 1 aliphatic heterocycles. The molecule has 0 radical (unpaired) electrons. The highest BCUT2D eigenvalue weighted by molar-refractivity contribution is 6.04. The fraction of sp³-hybridized carbons (Fsp3) is 0.900. The van der Waals surface area contributed by atoms with E-state index in [9.17, 15) is 14.4 Å². The maximum Gasteiger partial charge on any atom is 0.242 e. The van der Waals surface area contributed by atoms with Crippen LogP contribution in [0.5, 0.6) is 0 Å². The number of hydrogen-bond donors (Lipinski definition) is 0. The average molecular weight is 493 g/mol. The van der Waals surface area contributed by atoms with Crippen LogP contribution in [0.3, 0.4) is 0 Å². The number of unbranched alkanes of at least 4 members (excludes halogenated alkanes) is 18. The molecule has 0 bridgehead atoms. The Kier molecular flexibility index (Phi) is 19.8. The number of nitrogens with zero attached hydrogens (tertiary/aromatic N) is 2. The zero-order chi connectivity index (χ0) is 25.6. The van der Waals surface area contributed by atoms with Crippen LogP contribution in [0.4, 0.5) is 0 Å². The summed E-state index contributed by atoms with van der Waals surface area (Å²) in [6.07, 6.45) is 26.0. The molecule has 1 saturated heterocycles. The summed E-state index contributed by atoms with van der Waals surface area (Å²) in [7, 11) is 0. The van der Waals surface area contributed by atoms with E-state index in [-0.39, 0.29) is 37.1 Å². The molecule has 0 aromatic carbocycles. The SMILES string of the molecule is CCCCCCCCCCCCN(CCCCCCCCCCCC)C(=O)CN1C(=O)CCC1=O. The van der Waals surface area contributed by atoms with Crippen molar-refractivity contribution in [1.82, 2.24) is 9.80 Å². The molecule has 5 heteroatoms. The van der Waals surface area contributed by atoms with Gasteiger partial charge in [0.2, 0.25) is 17.7 Å². The van der Waals surface area contributed by atoms with E-state index >= 15 is 0 Å². The molecule has 204 valence electrons. The highest BCUT2D eigenvalue weighted by Gasteiger charge is 2.31. The summed E-state index contributed by atoms with van der Waals surface area (Å²) in [6.45, 7) is 5.95. The molecule has 1 rings (SSSR count). The van der Waals surface area contributed by atoms with Crippen LogP contribution in [0.2, 0.25) is 0 Å². The summed E-state index contributed by atoms with van der Waals surface area (Å²) in [5, 5.41) is 0.